The van der Waals surface area contributed by atoms with Gasteiger partial charge < -0.3 is 0 Å². The zero-order valence-electron chi connectivity index (χ0n) is 12.8. The van der Waals surface area contributed by atoms with Gasteiger partial charge in [-0.15, -0.1) is 0 Å². The number of nitrogens with zero attached hydrogens (tertiary/aromatic N) is 3. The first-order valence-electron chi connectivity index (χ1n) is 7.37. The number of rotatable bonds is 5. The van der Waals surface area contributed by atoms with Gasteiger partial charge in [0.05, 0.1) is 29.5 Å². The minimum absolute atomic E-state index is 0.353. The lowest BCUT2D eigenvalue weighted by Crippen LogP contribution is -2.17. The Balaban J connectivity index is 1.59. The maximum atomic E-state index is 12.0. The Morgan fingerprint density at radius 1 is 1.17 bits per heavy atom. The molecule has 6 heteroatoms. The van der Waals surface area contributed by atoms with E-state index >= 15 is 0 Å². The van der Waals surface area contributed by atoms with Crippen molar-refractivity contribution in [2.24, 2.45) is 5.10 Å². The van der Waals surface area contributed by atoms with Gasteiger partial charge in [0.25, 0.3) is 5.91 Å². The topological polar surface area (TPSA) is 59.3 Å². The van der Waals surface area contributed by atoms with Gasteiger partial charge in [-0.3, -0.25) is 9.48 Å². The first kappa shape index (κ1) is 16.0. The number of aromatic nitrogens is 2. The van der Waals surface area contributed by atoms with Gasteiger partial charge in [0.15, 0.2) is 0 Å². The molecule has 120 valence electrons. The number of carbonyl (C=O) groups excluding carboxylic acids is 1. The molecule has 0 bridgehead atoms. The lowest BCUT2D eigenvalue weighted by Gasteiger charge is -2.01. The number of hydrazone groups is 1. The summed E-state index contributed by atoms with van der Waals surface area (Å²) in [5, 5.41) is 8.61. The molecule has 24 heavy (non-hydrogen) atoms. The van der Waals surface area contributed by atoms with Crippen molar-refractivity contribution in [2.75, 3.05) is 0 Å². The second-order valence-electron chi connectivity index (χ2n) is 5.14. The van der Waals surface area contributed by atoms with Crippen molar-refractivity contribution in [3.8, 4) is 0 Å². The van der Waals surface area contributed by atoms with Crippen LogP contribution in [-0.4, -0.2) is 21.9 Å². The fourth-order valence-electron chi connectivity index (χ4n) is 2.17. The summed E-state index contributed by atoms with van der Waals surface area (Å²) in [6.45, 7) is 0.681. The van der Waals surface area contributed by atoms with Crippen LogP contribution in [0.3, 0.4) is 0 Å². The molecular formula is C18H15ClN4O. The third-order valence-electron chi connectivity index (χ3n) is 3.34. The molecule has 5 nitrogen and oxygen atoms in total. The molecule has 0 saturated carbocycles. The average molecular weight is 339 g/mol. The summed E-state index contributed by atoms with van der Waals surface area (Å²) in [6.07, 6.45) is 5.09. The van der Waals surface area contributed by atoms with Crippen LogP contribution < -0.4 is 5.43 Å². The molecular weight excluding hydrogens is 324 g/mol. The van der Waals surface area contributed by atoms with E-state index in [4.69, 9.17) is 11.6 Å². The molecule has 0 aliphatic carbocycles. The molecule has 1 amide bonds. The van der Waals surface area contributed by atoms with Crippen LogP contribution in [0.5, 0.6) is 0 Å². The van der Waals surface area contributed by atoms with Crippen molar-refractivity contribution in [3.05, 3.63) is 88.7 Å². The van der Waals surface area contributed by atoms with Crippen molar-refractivity contribution in [1.29, 1.82) is 0 Å². The Morgan fingerprint density at radius 2 is 1.92 bits per heavy atom. The van der Waals surface area contributed by atoms with Crippen LogP contribution in [0.4, 0.5) is 0 Å². The highest BCUT2D eigenvalue weighted by Crippen LogP contribution is 2.14. The number of halogens is 1. The first-order chi connectivity index (χ1) is 11.7. The maximum Gasteiger partial charge on any atom is 0.272 e. The molecule has 3 aromatic rings. The third-order valence-corrected chi connectivity index (χ3v) is 3.67. The van der Waals surface area contributed by atoms with E-state index < -0.39 is 0 Å². The van der Waals surface area contributed by atoms with Crippen LogP contribution in [0.15, 0.2) is 72.1 Å². The summed E-state index contributed by atoms with van der Waals surface area (Å²) in [4.78, 5) is 12.0. The molecule has 2 aromatic carbocycles. The van der Waals surface area contributed by atoms with Crippen LogP contribution in [0, 0.1) is 0 Å². The van der Waals surface area contributed by atoms with E-state index in [0.717, 1.165) is 11.1 Å². The van der Waals surface area contributed by atoms with Crippen molar-refractivity contribution in [3.63, 3.8) is 0 Å². The van der Waals surface area contributed by atoms with Gasteiger partial charge in [-0.2, -0.15) is 10.2 Å². The van der Waals surface area contributed by atoms with Crippen LogP contribution >= 0.6 is 11.6 Å². The fraction of sp³-hybridized carbons (Fsp3) is 0.0556. The van der Waals surface area contributed by atoms with E-state index in [2.05, 4.69) is 15.6 Å². The maximum absolute atomic E-state index is 12.0. The predicted molar refractivity (Wildman–Crippen MR) is 94.3 cm³/mol. The van der Waals surface area contributed by atoms with E-state index in [1.54, 1.807) is 36.7 Å². The normalized spacial score (nSPS) is 10.9. The van der Waals surface area contributed by atoms with Crippen LogP contribution in [0.25, 0.3) is 0 Å². The quantitative estimate of drug-likeness (QED) is 0.573. The Labute approximate surface area is 144 Å². The molecule has 3 rings (SSSR count). The highest BCUT2D eigenvalue weighted by Gasteiger charge is 2.07. The Hall–Kier alpha value is -2.92. The number of amides is 1. The highest BCUT2D eigenvalue weighted by atomic mass is 35.5. The van der Waals surface area contributed by atoms with Gasteiger partial charge in [-0.1, -0.05) is 54.1 Å². The molecule has 1 aromatic heterocycles. The number of nitrogens with one attached hydrogen (secondary N) is 1. The fourth-order valence-corrected chi connectivity index (χ4v) is 2.40. The SMILES string of the molecule is O=C(N/N=C\c1cnn(Cc2ccccc2)c1)c1ccccc1Cl. The number of benzene rings is 2. The second-order valence-corrected chi connectivity index (χ2v) is 5.54. The summed E-state index contributed by atoms with van der Waals surface area (Å²) >= 11 is 5.97. The predicted octanol–water partition coefficient (Wildman–Crippen LogP) is 3.35. The monoisotopic (exact) mass is 338 g/mol. The average Bonchev–Trinajstić information content (AvgIpc) is 3.03. The van der Waals surface area contributed by atoms with Crippen LogP contribution in [0.2, 0.25) is 5.02 Å². The summed E-state index contributed by atoms with van der Waals surface area (Å²) in [6, 6.07) is 16.9. The van der Waals surface area contributed by atoms with Gasteiger partial charge in [0, 0.05) is 11.8 Å². The van der Waals surface area contributed by atoms with E-state index in [9.17, 15) is 4.79 Å². The summed E-state index contributed by atoms with van der Waals surface area (Å²) in [7, 11) is 0. The minimum atomic E-state index is -0.353. The highest BCUT2D eigenvalue weighted by molar-refractivity contribution is 6.33. The zero-order chi connectivity index (χ0) is 16.8. The van der Waals surface area contributed by atoms with Crippen molar-refractivity contribution < 1.29 is 4.79 Å². The number of hydrogen-bond acceptors (Lipinski definition) is 3. The molecule has 0 unspecified atom stereocenters. The number of hydrogen-bond donors (Lipinski definition) is 1. The van der Waals surface area contributed by atoms with Gasteiger partial charge in [-0.05, 0) is 17.7 Å². The molecule has 0 spiro atoms. The number of carbonyl (C=O) groups is 1. The first-order valence-corrected chi connectivity index (χ1v) is 7.74. The van der Waals surface area contributed by atoms with Gasteiger partial charge in [0.2, 0.25) is 0 Å². The smallest absolute Gasteiger partial charge is 0.268 e. The molecule has 0 fully saturated rings. The molecule has 0 atom stereocenters. The molecule has 1 heterocycles. The molecule has 0 radical (unpaired) electrons. The zero-order valence-corrected chi connectivity index (χ0v) is 13.5. The third kappa shape index (κ3) is 4.08. The summed E-state index contributed by atoms with van der Waals surface area (Å²) in [5.41, 5.74) is 4.80. The minimum Gasteiger partial charge on any atom is -0.268 e. The molecule has 0 aliphatic heterocycles. The Bertz CT molecular complexity index is 858. The van der Waals surface area contributed by atoms with Crippen molar-refractivity contribution >= 4 is 23.7 Å². The largest absolute Gasteiger partial charge is 0.272 e. The van der Waals surface area contributed by atoms with E-state index in [1.165, 1.54) is 0 Å². The van der Waals surface area contributed by atoms with E-state index in [-0.39, 0.29) is 5.91 Å². The molecule has 0 saturated heterocycles. The van der Waals surface area contributed by atoms with Crippen LogP contribution in [0.1, 0.15) is 21.5 Å². The van der Waals surface area contributed by atoms with E-state index in [1.807, 2.05) is 41.2 Å². The van der Waals surface area contributed by atoms with E-state index in [0.29, 0.717) is 17.1 Å². The lowest BCUT2D eigenvalue weighted by atomic mass is 10.2. The lowest BCUT2D eigenvalue weighted by molar-refractivity contribution is 0.0955. The Kier molecular flexibility index (Phi) is 5.03. The van der Waals surface area contributed by atoms with Gasteiger partial charge in [0.1, 0.15) is 0 Å². The van der Waals surface area contributed by atoms with Crippen LogP contribution in [-0.2, 0) is 6.54 Å². The summed E-state index contributed by atoms with van der Waals surface area (Å²) in [5.74, 6) is -0.353. The van der Waals surface area contributed by atoms with Crippen molar-refractivity contribution in [2.45, 2.75) is 6.54 Å². The Morgan fingerprint density at radius 3 is 2.71 bits per heavy atom. The molecule has 1 N–H and O–H groups in total. The summed E-state index contributed by atoms with van der Waals surface area (Å²) < 4.78 is 1.81. The second kappa shape index (κ2) is 7.57. The standard InChI is InChI=1S/C18H15ClN4O/c19-17-9-5-4-8-16(17)18(24)22-20-10-15-11-21-23(13-15)12-14-6-2-1-3-7-14/h1-11,13H,12H2,(H,22,24)/b20-10-. The van der Waals surface area contributed by atoms with Gasteiger partial charge in [-0.25, -0.2) is 5.43 Å². The van der Waals surface area contributed by atoms with Gasteiger partial charge >= 0.3 is 0 Å². The van der Waals surface area contributed by atoms with Crippen molar-refractivity contribution in [1.82, 2.24) is 15.2 Å². The molecule has 0 aliphatic rings.